The van der Waals surface area contributed by atoms with Gasteiger partial charge in [0.1, 0.15) is 5.82 Å². The van der Waals surface area contributed by atoms with Crippen LogP contribution in [0.1, 0.15) is 25.3 Å². The Labute approximate surface area is 157 Å². The quantitative estimate of drug-likeness (QED) is 0.678. The van der Waals surface area contributed by atoms with Crippen molar-refractivity contribution in [3.63, 3.8) is 0 Å². The van der Waals surface area contributed by atoms with Crippen molar-refractivity contribution < 1.29 is 8.91 Å². The number of nitriles is 1. The van der Waals surface area contributed by atoms with Gasteiger partial charge in [-0.1, -0.05) is 12.1 Å². The molecule has 1 fully saturated rings. The van der Waals surface area contributed by atoms with E-state index in [4.69, 9.17) is 9.78 Å². The van der Waals surface area contributed by atoms with Crippen molar-refractivity contribution in [1.82, 2.24) is 10.1 Å². The molecular formula is C21H19FN4O. The Hall–Kier alpha value is -3.20. The minimum absolute atomic E-state index is 0.0982. The first-order chi connectivity index (χ1) is 13.1. The number of rotatable bonds is 3. The average molecular weight is 362 g/mol. The molecule has 3 aromatic rings. The second kappa shape index (κ2) is 7.20. The zero-order chi connectivity index (χ0) is 18.8. The molecule has 0 amide bonds. The van der Waals surface area contributed by atoms with Gasteiger partial charge in [0.05, 0.1) is 17.2 Å². The number of anilines is 1. The molecule has 2 heterocycles. The molecule has 136 valence electrons. The Bertz CT molecular complexity index is 982. The SMILES string of the molecule is CC1CCN(c2ccc(-c3noc(-c4ccc(C#N)cc4F)n3)cc2)CC1. The molecule has 0 radical (unpaired) electrons. The Kier molecular flexibility index (Phi) is 4.59. The molecule has 27 heavy (non-hydrogen) atoms. The Morgan fingerprint density at radius 1 is 1.15 bits per heavy atom. The van der Waals surface area contributed by atoms with Crippen LogP contribution < -0.4 is 4.90 Å². The normalized spacial score (nSPS) is 14.9. The van der Waals surface area contributed by atoms with Gasteiger partial charge in [-0.2, -0.15) is 10.2 Å². The number of halogens is 1. The van der Waals surface area contributed by atoms with E-state index < -0.39 is 5.82 Å². The van der Waals surface area contributed by atoms with E-state index in [2.05, 4.69) is 34.1 Å². The minimum Gasteiger partial charge on any atom is -0.372 e. The minimum atomic E-state index is -0.557. The number of piperidine rings is 1. The Balaban J connectivity index is 1.54. The van der Waals surface area contributed by atoms with Gasteiger partial charge in [0.25, 0.3) is 5.89 Å². The second-order valence-electron chi connectivity index (χ2n) is 6.95. The largest absolute Gasteiger partial charge is 0.372 e. The van der Waals surface area contributed by atoms with E-state index in [0.29, 0.717) is 5.82 Å². The fraction of sp³-hybridized carbons (Fsp3) is 0.286. The first kappa shape index (κ1) is 17.2. The van der Waals surface area contributed by atoms with Crippen molar-refractivity contribution in [3.8, 4) is 28.9 Å². The van der Waals surface area contributed by atoms with E-state index in [1.54, 1.807) is 0 Å². The van der Waals surface area contributed by atoms with Crippen LogP contribution in [0.3, 0.4) is 0 Å². The van der Waals surface area contributed by atoms with Crippen LogP contribution in [0.4, 0.5) is 10.1 Å². The molecule has 0 atom stereocenters. The van der Waals surface area contributed by atoms with Crippen LogP contribution in [0.2, 0.25) is 0 Å². The summed E-state index contributed by atoms with van der Waals surface area (Å²) >= 11 is 0. The summed E-state index contributed by atoms with van der Waals surface area (Å²) in [5.41, 5.74) is 2.44. The topological polar surface area (TPSA) is 66.0 Å². The molecule has 1 aliphatic rings. The van der Waals surface area contributed by atoms with Crippen molar-refractivity contribution >= 4 is 5.69 Å². The third-order valence-electron chi connectivity index (χ3n) is 5.03. The van der Waals surface area contributed by atoms with E-state index in [9.17, 15) is 4.39 Å². The van der Waals surface area contributed by atoms with Crippen molar-refractivity contribution in [3.05, 3.63) is 53.8 Å². The lowest BCUT2D eigenvalue weighted by molar-refractivity contribution is 0.429. The molecule has 2 aromatic carbocycles. The van der Waals surface area contributed by atoms with Crippen molar-refractivity contribution in [2.45, 2.75) is 19.8 Å². The maximum absolute atomic E-state index is 14.1. The number of aromatic nitrogens is 2. The summed E-state index contributed by atoms with van der Waals surface area (Å²) in [6.45, 7) is 4.45. The molecule has 6 heteroatoms. The summed E-state index contributed by atoms with van der Waals surface area (Å²) in [7, 11) is 0. The molecule has 4 rings (SSSR count). The molecule has 0 bridgehead atoms. The molecule has 5 nitrogen and oxygen atoms in total. The lowest BCUT2D eigenvalue weighted by Gasteiger charge is -2.32. The summed E-state index contributed by atoms with van der Waals surface area (Å²) in [5, 5.41) is 12.8. The maximum Gasteiger partial charge on any atom is 0.261 e. The number of benzene rings is 2. The molecule has 1 aliphatic heterocycles. The zero-order valence-corrected chi connectivity index (χ0v) is 15.0. The average Bonchev–Trinajstić information content (AvgIpc) is 3.18. The molecule has 1 aromatic heterocycles. The standard InChI is InChI=1S/C21H19FN4O/c1-14-8-10-26(11-9-14)17-5-3-16(4-6-17)20-24-21(27-25-20)18-7-2-15(13-23)12-19(18)22/h2-7,12,14H,8-11H2,1H3. The maximum atomic E-state index is 14.1. The van der Waals surface area contributed by atoms with E-state index in [-0.39, 0.29) is 17.0 Å². The predicted octanol–water partition coefficient (Wildman–Crippen LogP) is 4.65. The summed E-state index contributed by atoms with van der Waals surface area (Å²) in [5.74, 6) is 0.744. The highest BCUT2D eigenvalue weighted by molar-refractivity contribution is 5.63. The number of hydrogen-bond donors (Lipinski definition) is 0. The van der Waals surface area contributed by atoms with Gasteiger partial charge in [0.2, 0.25) is 5.82 Å². The van der Waals surface area contributed by atoms with Crippen molar-refractivity contribution in [2.75, 3.05) is 18.0 Å². The van der Waals surface area contributed by atoms with Gasteiger partial charge >= 0.3 is 0 Å². The van der Waals surface area contributed by atoms with Gasteiger partial charge < -0.3 is 9.42 Å². The summed E-state index contributed by atoms with van der Waals surface area (Å²) in [4.78, 5) is 6.69. The van der Waals surface area contributed by atoms with Gasteiger partial charge in [-0.25, -0.2) is 4.39 Å². The molecule has 0 spiro atoms. The van der Waals surface area contributed by atoms with Crippen molar-refractivity contribution in [2.24, 2.45) is 5.92 Å². The van der Waals surface area contributed by atoms with Crippen LogP contribution in [0.25, 0.3) is 22.8 Å². The fourth-order valence-electron chi connectivity index (χ4n) is 3.30. The lowest BCUT2D eigenvalue weighted by Crippen LogP contribution is -2.32. The van der Waals surface area contributed by atoms with Gasteiger partial charge in [-0.15, -0.1) is 0 Å². The van der Waals surface area contributed by atoms with Crippen molar-refractivity contribution in [1.29, 1.82) is 5.26 Å². The third kappa shape index (κ3) is 3.54. The first-order valence-electron chi connectivity index (χ1n) is 9.03. The first-order valence-corrected chi connectivity index (χ1v) is 9.03. The van der Waals surface area contributed by atoms with Crippen LogP contribution in [0.5, 0.6) is 0 Å². The third-order valence-corrected chi connectivity index (χ3v) is 5.03. The molecule has 0 saturated carbocycles. The van der Waals surface area contributed by atoms with Gasteiger partial charge in [-0.05, 0) is 61.2 Å². The van der Waals surface area contributed by atoms with E-state index in [1.807, 2.05) is 18.2 Å². The summed E-state index contributed by atoms with van der Waals surface area (Å²) in [6.07, 6.45) is 2.43. The van der Waals surface area contributed by atoms with E-state index in [0.717, 1.165) is 30.6 Å². The molecule has 0 N–H and O–H groups in total. The van der Waals surface area contributed by atoms with Gasteiger partial charge in [0.15, 0.2) is 0 Å². The summed E-state index contributed by atoms with van der Waals surface area (Å²) < 4.78 is 19.4. The van der Waals surface area contributed by atoms with Crippen LogP contribution in [-0.2, 0) is 0 Å². The highest BCUT2D eigenvalue weighted by atomic mass is 19.1. The van der Waals surface area contributed by atoms with Gasteiger partial charge in [-0.3, -0.25) is 0 Å². The molecule has 1 saturated heterocycles. The lowest BCUT2D eigenvalue weighted by atomic mass is 9.98. The van der Waals surface area contributed by atoms with Crippen LogP contribution in [-0.4, -0.2) is 23.2 Å². The highest BCUT2D eigenvalue weighted by Gasteiger charge is 2.17. The van der Waals surface area contributed by atoms with Gasteiger partial charge in [0, 0.05) is 24.3 Å². The molecule has 0 aliphatic carbocycles. The second-order valence-corrected chi connectivity index (χ2v) is 6.95. The molecular weight excluding hydrogens is 343 g/mol. The number of nitrogens with zero attached hydrogens (tertiary/aromatic N) is 4. The summed E-state index contributed by atoms with van der Waals surface area (Å²) in [6, 6.07) is 14.1. The zero-order valence-electron chi connectivity index (χ0n) is 15.0. The highest BCUT2D eigenvalue weighted by Crippen LogP contribution is 2.28. The van der Waals surface area contributed by atoms with E-state index in [1.165, 1.54) is 30.7 Å². The predicted molar refractivity (Wildman–Crippen MR) is 100 cm³/mol. The number of hydrogen-bond acceptors (Lipinski definition) is 5. The smallest absolute Gasteiger partial charge is 0.261 e. The fourth-order valence-corrected chi connectivity index (χ4v) is 3.30. The van der Waals surface area contributed by atoms with Crippen LogP contribution in [0, 0.1) is 23.1 Å². The van der Waals surface area contributed by atoms with Crippen LogP contribution >= 0.6 is 0 Å². The molecule has 0 unspecified atom stereocenters. The van der Waals surface area contributed by atoms with E-state index >= 15 is 0 Å². The Morgan fingerprint density at radius 3 is 2.56 bits per heavy atom. The van der Waals surface area contributed by atoms with Crippen LogP contribution in [0.15, 0.2) is 47.0 Å². The monoisotopic (exact) mass is 362 g/mol. The Morgan fingerprint density at radius 2 is 1.89 bits per heavy atom.